The normalized spacial score (nSPS) is 17.5. The molecule has 0 radical (unpaired) electrons. The maximum atomic E-state index is 13.9. The van der Waals surface area contributed by atoms with Gasteiger partial charge in [-0.05, 0) is 36.5 Å². The number of aromatic amines is 1. The minimum Gasteiger partial charge on any atom is -0.494 e. The highest BCUT2D eigenvalue weighted by Gasteiger charge is 2.29. The molecule has 1 atom stereocenters. The van der Waals surface area contributed by atoms with Gasteiger partial charge >= 0.3 is 5.97 Å². The highest BCUT2D eigenvalue weighted by molar-refractivity contribution is 6.07. The third kappa shape index (κ3) is 2.72. The molecule has 6 heteroatoms. The number of aryl methyl sites for hydroxylation is 1. The smallest absolute Gasteiger partial charge is 0.337 e. The van der Waals surface area contributed by atoms with Crippen LogP contribution >= 0.6 is 0 Å². The van der Waals surface area contributed by atoms with Gasteiger partial charge < -0.3 is 14.8 Å². The van der Waals surface area contributed by atoms with E-state index in [1.54, 1.807) is 12.1 Å². The first-order valence-electron chi connectivity index (χ1n) is 7.31. The van der Waals surface area contributed by atoms with Crippen molar-refractivity contribution in [2.24, 2.45) is 0 Å². The number of fused-ring (bicyclic) bond motifs is 1. The van der Waals surface area contributed by atoms with E-state index in [0.717, 1.165) is 5.56 Å². The van der Waals surface area contributed by atoms with Crippen LogP contribution in [0.15, 0.2) is 24.4 Å². The number of hydrogen-bond acceptors (Lipinski definition) is 3. The number of carbonyl (C=O) groups excluding carboxylic acids is 1. The fourth-order valence-corrected chi connectivity index (χ4v) is 3.12. The monoisotopic (exact) mass is 317 g/mol. The van der Waals surface area contributed by atoms with Crippen molar-refractivity contribution in [2.75, 3.05) is 7.11 Å². The van der Waals surface area contributed by atoms with Gasteiger partial charge in [-0.25, -0.2) is 9.18 Å². The van der Waals surface area contributed by atoms with Gasteiger partial charge in [0.2, 0.25) is 0 Å². The molecule has 0 aliphatic heterocycles. The topological polar surface area (TPSA) is 79.4 Å². The zero-order valence-corrected chi connectivity index (χ0v) is 12.6. The number of aromatic nitrogens is 1. The fraction of sp³-hybridized carbons (Fsp3) is 0.294. The number of carbonyl (C=O) groups is 2. The Hall–Kier alpha value is -2.63. The first-order chi connectivity index (χ1) is 11.0. The number of halogens is 1. The summed E-state index contributed by atoms with van der Waals surface area (Å²) in [4.78, 5) is 26.6. The molecule has 0 amide bonds. The van der Waals surface area contributed by atoms with Crippen LogP contribution < -0.4 is 4.74 Å². The van der Waals surface area contributed by atoms with Crippen molar-refractivity contribution in [2.45, 2.75) is 25.2 Å². The average molecular weight is 317 g/mol. The standard InChI is InChI=1S/C17H16FNO4/c1-23-15-5-3-9(6-12(15)18)10-2-4-13-16(14(20)7-10)11(8-19-13)17(21)22/h3,5-6,8,10,19H,2,4,7H2,1H3,(H,21,22). The number of hydrogen-bond donors (Lipinski definition) is 2. The second-order valence-corrected chi connectivity index (χ2v) is 5.62. The molecule has 1 aromatic heterocycles. The Bertz CT molecular complexity index is 781. The number of benzene rings is 1. The Balaban J connectivity index is 1.91. The number of carboxylic acid groups (broad SMARTS) is 1. The average Bonchev–Trinajstić information content (AvgIpc) is 2.88. The Kier molecular flexibility index (Phi) is 3.90. The van der Waals surface area contributed by atoms with Gasteiger partial charge in [0.25, 0.3) is 0 Å². The number of rotatable bonds is 3. The molecule has 1 heterocycles. The van der Waals surface area contributed by atoms with Crippen LogP contribution in [0.5, 0.6) is 5.75 Å². The summed E-state index contributed by atoms with van der Waals surface area (Å²) in [6.45, 7) is 0. The van der Waals surface area contributed by atoms with E-state index in [4.69, 9.17) is 4.74 Å². The first kappa shape index (κ1) is 15.3. The van der Waals surface area contributed by atoms with Gasteiger partial charge in [-0.1, -0.05) is 6.07 Å². The van der Waals surface area contributed by atoms with Gasteiger partial charge in [0.15, 0.2) is 17.3 Å². The van der Waals surface area contributed by atoms with Crippen molar-refractivity contribution in [3.63, 3.8) is 0 Å². The van der Waals surface area contributed by atoms with Crippen LogP contribution in [-0.4, -0.2) is 29.0 Å². The molecule has 5 nitrogen and oxygen atoms in total. The predicted molar refractivity (Wildman–Crippen MR) is 80.7 cm³/mol. The Morgan fingerprint density at radius 1 is 1.43 bits per heavy atom. The molecule has 1 aromatic carbocycles. The molecule has 0 saturated heterocycles. The molecule has 1 aliphatic rings. The van der Waals surface area contributed by atoms with E-state index < -0.39 is 11.8 Å². The zero-order valence-electron chi connectivity index (χ0n) is 12.6. The van der Waals surface area contributed by atoms with E-state index in [1.165, 1.54) is 19.4 Å². The third-order valence-electron chi connectivity index (χ3n) is 4.29. The quantitative estimate of drug-likeness (QED) is 0.852. The van der Waals surface area contributed by atoms with E-state index in [9.17, 15) is 19.1 Å². The number of methoxy groups -OCH3 is 1. The summed E-state index contributed by atoms with van der Waals surface area (Å²) in [5.41, 5.74) is 1.63. The number of Topliss-reactive ketones (excluding diaryl/α,β-unsaturated/α-hetero) is 1. The summed E-state index contributed by atoms with van der Waals surface area (Å²) in [6, 6.07) is 4.67. The number of ketones is 1. The van der Waals surface area contributed by atoms with E-state index >= 15 is 0 Å². The van der Waals surface area contributed by atoms with Crippen molar-refractivity contribution in [3.8, 4) is 5.75 Å². The second kappa shape index (κ2) is 5.87. The molecule has 1 unspecified atom stereocenters. The molecule has 0 fully saturated rings. The summed E-state index contributed by atoms with van der Waals surface area (Å²) >= 11 is 0. The van der Waals surface area contributed by atoms with Crippen LogP contribution in [0.4, 0.5) is 4.39 Å². The maximum Gasteiger partial charge on any atom is 0.337 e. The summed E-state index contributed by atoms with van der Waals surface area (Å²) in [5, 5.41) is 9.18. The van der Waals surface area contributed by atoms with Crippen LogP contribution in [0.3, 0.4) is 0 Å². The van der Waals surface area contributed by atoms with Crippen molar-refractivity contribution in [1.29, 1.82) is 0 Å². The minimum atomic E-state index is -1.12. The summed E-state index contributed by atoms with van der Waals surface area (Å²) in [5.74, 6) is -1.80. The fourth-order valence-electron chi connectivity index (χ4n) is 3.12. The molecule has 2 aromatic rings. The number of carboxylic acids is 1. The molecule has 120 valence electrons. The SMILES string of the molecule is COc1ccc(C2CCc3[nH]cc(C(=O)O)c3C(=O)C2)cc1F. The van der Waals surface area contributed by atoms with E-state index in [1.807, 2.05) is 0 Å². The van der Waals surface area contributed by atoms with E-state index in [0.29, 0.717) is 18.5 Å². The third-order valence-corrected chi connectivity index (χ3v) is 4.29. The molecule has 0 bridgehead atoms. The van der Waals surface area contributed by atoms with Crippen LogP contribution in [0, 0.1) is 5.82 Å². The molecular formula is C17H16FNO4. The van der Waals surface area contributed by atoms with Crippen molar-refractivity contribution < 1.29 is 23.8 Å². The lowest BCUT2D eigenvalue weighted by Gasteiger charge is -2.15. The van der Waals surface area contributed by atoms with Crippen molar-refractivity contribution in [3.05, 3.63) is 52.6 Å². The number of nitrogens with one attached hydrogen (secondary N) is 1. The molecule has 0 spiro atoms. The molecule has 2 N–H and O–H groups in total. The lowest BCUT2D eigenvalue weighted by molar-refractivity contribution is 0.0692. The number of aromatic carboxylic acids is 1. The highest BCUT2D eigenvalue weighted by Crippen LogP contribution is 2.34. The van der Waals surface area contributed by atoms with Crippen LogP contribution in [0.25, 0.3) is 0 Å². The predicted octanol–water partition coefficient (Wildman–Crippen LogP) is 3.16. The van der Waals surface area contributed by atoms with Gasteiger partial charge in [0, 0.05) is 18.3 Å². The first-order valence-corrected chi connectivity index (χ1v) is 7.31. The van der Waals surface area contributed by atoms with Crippen molar-refractivity contribution >= 4 is 11.8 Å². The molecule has 0 saturated carbocycles. The van der Waals surface area contributed by atoms with Crippen LogP contribution in [0.2, 0.25) is 0 Å². The second-order valence-electron chi connectivity index (χ2n) is 5.62. The van der Waals surface area contributed by atoms with Gasteiger partial charge in [-0.2, -0.15) is 0 Å². The van der Waals surface area contributed by atoms with Gasteiger partial charge in [0.05, 0.1) is 18.2 Å². The van der Waals surface area contributed by atoms with Gasteiger partial charge in [-0.3, -0.25) is 4.79 Å². The lowest BCUT2D eigenvalue weighted by Crippen LogP contribution is -2.09. The summed E-state index contributed by atoms with van der Waals surface area (Å²) in [6.07, 6.45) is 2.71. The maximum absolute atomic E-state index is 13.9. The molecule has 3 rings (SSSR count). The molecule has 23 heavy (non-hydrogen) atoms. The molecular weight excluding hydrogens is 301 g/mol. The van der Waals surface area contributed by atoms with Gasteiger partial charge in [0.1, 0.15) is 0 Å². The largest absolute Gasteiger partial charge is 0.494 e. The Morgan fingerprint density at radius 2 is 2.22 bits per heavy atom. The van der Waals surface area contributed by atoms with Crippen LogP contribution in [-0.2, 0) is 6.42 Å². The Labute approximate surface area is 132 Å². The van der Waals surface area contributed by atoms with Gasteiger partial charge in [-0.15, -0.1) is 0 Å². The number of ether oxygens (including phenoxy) is 1. The van der Waals surface area contributed by atoms with E-state index in [2.05, 4.69) is 4.98 Å². The zero-order chi connectivity index (χ0) is 16.6. The molecule has 1 aliphatic carbocycles. The summed E-state index contributed by atoms with van der Waals surface area (Å²) < 4.78 is 18.8. The number of H-pyrrole nitrogens is 1. The highest BCUT2D eigenvalue weighted by atomic mass is 19.1. The van der Waals surface area contributed by atoms with E-state index in [-0.39, 0.29) is 35.0 Å². The Morgan fingerprint density at radius 3 is 2.87 bits per heavy atom. The lowest BCUT2D eigenvalue weighted by atomic mass is 9.90. The van der Waals surface area contributed by atoms with Crippen LogP contribution in [0.1, 0.15) is 50.7 Å². The summed E-state index contributed by atoms with van der Waals surface area (Å²) in [7, 11) is 1.40. The minimum absolute atomic E-state index is 0.00608. The van der Waals surface area contributed by atoms with Crippen molar-refractivity contribution in [1.82, 2.24) is 4.98 Å².